The van der Waals surface area contributed by atoms with E-state index in [4.69, 9.17) is 14.2 Å². The molecular weight excluding hydrogens is 423 g/mol. The molecular formula is C18H25IO5. The van der Waals surface area contributed by atoms with E-state index in [9.17, 15) is 9.59 Å². The molecule has 0 N–H and O–H groups in total. The summed E-state index contributed by atoms with van der Waals surface area (Å²) in [7, 11) is 0. The molecule has 0 radical (unpaired) electrons. The molecule has 24 heavy (non-hydrogen) atoms. The number of rotatable bonds is 8. The first-order chi connectivity index (χ1) is 11.4. The van der Waals surface area contributed by atoms with Crippen molar-refractivity contribution in [3.05, 3.63) is 36.0 Å². The Morgan fingerprint density at radius 1 is 1.17 bits per heavy atom. The minimum Gasteiger partial charge on any atom is -0.0803 e. The first-order valence-corrected chi connectivity index (χ1v) is 12.6. The zero-order valence-corrected chi connectivity index (χ0v) is 16.4. The topological polar surface area (TPSA) is 61.8 Å². The van der Waals surface area contributed by atoms with E-state index in [1.807, 2.05) is 30.4 Å². The van der Waals surface area contributed by atoms with Gasteiger partial charge in [-0.25, -0.2) is 0 Å². The van der Waals surface area contributed by atoms with Crippen molar-refractivity contribution in [2.45, 2.75) is 32.3 Å². The summed E-state index contributed by atoms with van der Waals surface area (Å²) < 4.78 is 18.9. The number of hydrogen-bond acceptors (Lipinski definition) is 5. The molecule has 0 unspecified atom stereocenters. The summed E-state index contributed by atoms with van der Waals surface area (Å²) >= 11 is -0.865. The van der Waals surface area contributed by atoms with E-state index < -0.39 is 31.6 Å². The van der Waals surface area contributed by atoms with E-state index in [1.165, 1.54) is 8.86 Å². The maximum atomic E-state index is 11.8. The van der Waals surface area contributed by atoms with Crippen LogP contribution in [0.4, 0.5) is 4.79 Å². The third-order valence-electron chi connectivity index (χ3n) is 3.53. The summed E-state index contributed by atoms with van der Waals surface area (Å²) in [5.74, 6) is -0.0995. The van der Waals surface area contributed by atoms with Crippen LogP contribution in [0.15, 0.2) is 36.0 Å². The number of ether oxygens (including phenoxy) is 3. The summed E-state index contributed by atoms with van der Waals surface area (Å²) in [6.45, 7) is 4.06. The van der Waals surface area contributed by atoms with Gasteiger partial charge in [0.25, 0.3) is 0 Å². The van der Waals surface area contributed by atoms with Crippen LogP contribution in [0.2, 0.25) is 0 Å². The second-order valence-electron chi connectivity index (χ2n) is 6.29. The molecule has 0 bridgehead atoms. The molecule has 0 amide bonds. The van der Waals surface area contributed by atoms with Crippen molar-refractivity contribution in [3.8, 4) is 0 Å². The van der Waals surface area contributed by atoms with Gasteiger partial charge in [0, 0.05) is 0 Å². The minimum atomic E-state index is -0.865. The standard InChI is InChI=1S/C18H25IO5/c1-18(2,9-12-22-16(20)13-19-10-11-19)24-17(21)23-14-15-7-5-3-4-6-8-15/h3-7H,8-14H2,1-2H3. The number of halogens is 1. The second-order valence-corrected chi connectivity index (χ2v) is 12.4. The van der Waals surface area contributed by atoms with Crippen molar-refractivity contribution in [1.82, 2.24) is 0 Å². The molecule has 2 aliphatic rings. The number of alkyl halides is 3. The first-order valence-electron chi connectivity index (χ1n) is 8.05. The predicted octanol–water partition coefficient (Wildman–Crippen LogP) is 3.81. The summed E-state index contributed by atoms with van der Waals surface area (Å²) in [6.07, 6.45) is 10.3. The van der Waals surface area contributed by atoms with Gasteiger partial charge < -0.3 is 0 Å². The Morgan fingerprint density at radius 3 is 2.71 bits per heavy atom. The van der Waals surface area contributed by atoms with Gasteiger partial charge in [-0.15, -0.1) is 0 Å². The van der Waals surface area contributed by atoms with E-state index in [2.05, 4.69) is 0 Å². The van der Waals surface area contributed by atoms with Crippen LogP contribution in [0.3, 0.4) is 0 Å². The molecule has 0 aromatic rings. The molecule has 1 aliphatic carbocycles. The molecule has 0 aromatic carbocycles. The SMILES string of the molecule is CC(C)(CCOC(=O)CI1CC1)OC(=O)OCC1=CC=CC=CC1. The Hall–Kier alpha value is -1.31. The van der Waals surface area contributed by atoms with E-state index in [1.54, 1.807) is 13.8 Å². The van der Waals surface area contributed by atoms with Gasteiger partial charge in [0.1, 0.15) is 0 Å². The van der Waals surface area contributed by atoms with Crippen LogP contribution in [-0.4, -0.2) is 44.2 Å². The zero-order chi connectivity index (χ0) is 17.4. The Labute approximate surface area is 150 Å². The van der Waals surface area contributed by atoms with Crippen LogP contribution >= 0.6 is 19.8 Å². The average Bonchev–Trinajstić information content (AvgIpc) is 3.31. The Bertz CT molecular complexity index is 544. The molecule has 6 heteroatoms. The molecule has 0 saturated carbocycles. The third-order valence-corrected chi connectivity index (χ3v) is 7.83. The van der Waals surface area contributed by atoms with Gasteiger partial charge in [-0.05, 0) is 0 Å². The van der Waals surface area contributed by atoms with Crippen molar-refractivity contribution < 1.29 is 23.8 Å². The Morgan fingerprint density at radius 2 is 1.96 bits per heavy atom. The molecule has 0 aromatic heterocycles. The maximum absolute atomic E-state index is 11.8. The fraction of sp³-hybridized carbons (Fsp3) is 0.556. The normalized spacial score (nSPS) is 17.8. The molecule has 2 rings (SSSR count). The Kier molecular flexibility index (Phi) is 7.33. The van der Waals surface area contributed by atoms with Crippen LogP contribution in [0.1, 0.15) is 26.7 Å². The van der Waals surface area contributed by atoms with E-state index in [-0.39, 0.29) is 19.2 Å². The molecule has 1 fully saturated rings. The van der Waals surface area contributed by atoms with Crippen molar-refractivity contribution in [1.29, 1.82) is 0 Å². The summed E-state index contributed by atoms with van der Waals surface area (Å²) in [4.78, 5) is 23.4. The van der Waals surface area contributed by atoms with Crippen LogP contribution in [-0.2, 0) is 19.0 Å². The van der Waals surface area contributed by atoms with Gasteiger partial charge in [-0.3, -0.25) is 0 Å². The van der Waals surface area contributed by atoms with Crippen molar-refractivity contribution in [2.75, 3.05) is 26.5 Å². The molecule has 134 valence electrons. The minimum absolute atomic E-state index is 0.0995. The molecule has 1 saturated heterocycles. The number of carbonyl (C=O) groups is 2. The van der Waals surface area contributed by atoms with Crippen LogP contribution in [0.5, 0.6) is 0 Å². The number of allylic oxidation sites excluding steroid dienone is 5. The van der Waals surface area contributed by atoms with Crippen molar-refractivity contribution >= 4 is 31.9 Å². The average molecular weight is 448 g/mol. The zero-order valence-electron chi connectivity index (χ0n) is 14.3. The van der Waals surface area contributed by atoms with E-state index in [0.29, 0.717) is 10.8 Å². The molecule has 5 nitrogen and oxygen atoms in total. The van der Waals surface area contributed by atoms with Gasteiger partial charge in [0.15, 0.2) is 0 Å². The van der Waals surface area contributed by atoms with Crippen LogP contribution in [0, 0.1) is 0 Å². The summed E-state index contributed by atoms with van der Waals surface area (Å²) in [5, 5.41) is 0. The fourth-order valence-electron chi connectivity index (χ4n) is 1.97. The quantitative estimate of drug-likeness (QED) is 0.321. The second kappa shape index (κ2) is 9.25. The molecule has 0 atom stereocenters. The van der Waals surface area contributed by atoms with Crippen LogP contribution in [0.25, 0.3) is 0 Å². The summed E-state index contributed by atoms with van der Waals surface area (Å²) in [6, 6.07) is 0. The van der Waals surface area contributed by atoms with Crippen molar-refractivity contribution in [2.24, 2.45) is 0 Å². The number of esters is 1. The van der Waals surface area contributed by atoms with Crippen molar-refractivity contribution in [3.63, 3.8) is 0 Å². The molecule has 1 aliphatic heterocycles. The number of hydrogen-bond donors (Lipinski definition) is 0. The first kappa shape index (κ1) is 19.0. The smallest absolute Gasteiger partial charge is 0.0803 e. The third kappa shape index (κ3) is 7.99. The predicted molar refractivity (Wildman–Crippen MR) is 102 cm³/mol. The molecule has 1 heterocycles. The Balaban J connectivity index is 1.63. The van der Waals surface area contributed by atoms with Gasteiger partial charge in [0.2, 0.25) is 0 Å². The summed E-state index contributed by atoms with van der Waals surface area (Å²) in [5.41, 5.74) is 0.279. The van der Waals surface area contributed by atoms with Gasteiger partial charge >= 0.3 is 126 Å². The van der Waals surface area contributed by atoms with E-state index >= 15 is 0 Å². The molecule has 0 spiro atoms. The fourth-order valence-corrected chi connectivity index (χ4v) is 6.06. The van der Waals surface area contributed by atoms with Crippen LogP contribution < -0.4 is 0 Å². The van der Waals surface area contributed by atoms with Gasteiger partial charge in [-0.2, -0.15) is 0 Å². The van der Waals surface area contributed by atoms with Gasteiger partial charge in [0.05, 0.1) is 0 Å². The van der Waals surface area contributed by atoms with E-state index in [0.717, 1.165) is 12.0 Å². The number of carbonyl (C=O) groups excluding carboxylic acids is 2. The van der Waals surface area contributed by atoms with Gasteiger partial charge in [-0.1, -0.05) is 24.3 Å². The monoisotopic (exact) mass is 448 g/mol.